The fourth-order valence-corrected chi connectivity index (χ4v) is 6.20. The third-order valence-corrected chi connectivity index (χ3v) is 8.33. The lowest BCUT2D eigenvalue weighted by atomic mass is 9.95. The van der Waals surface area contributed by atoms with Crippen molar-refractivity contribution in [1.29, 1.82) is 0 Å². The van der Waals surface area contributed by atoms with Gasteiger partial charge in [0.15, 0.2) is 27.8 Å². The van der Waals surface area contributed by atoms with E-state index in [0.29, 0.717) is 55.8 Å². The number of ether oxygens (including phenoxy) is 5. The highest BCUT2D eigenvalue weighted by atomic mass is 32.1. The molecule has 0 amide bonds. The van der Waals surface area contributed by atoms with Gasteiger partial charge in [0, 0.05) is 12.1 Å². The summed E-state index contributed by atoms with van der Waals surface area (Å²) in [4.78, 5) is 42.9. The number of methoxy groups -OCH3 is 2. The Bertz CT molecular complexity index is 2030. The van der Waals surface area contributed by atoms with Gasteiger partial charge in [0.1, 0.15) is 6.61 Å². The second kappa shape index (κ2) is 14.3. The van der Waals surface area contributed by atoms with Crippen LogP contribution in [-0.2, 0) is 16.1 Å². The number of esters is 1. The number of nitro benzene ring substituents is 1. The number of benzene rings is 3. The topological polar surface area (TPSA) is 141 Å². The minimum atomic E-state index is -0.818. The van der Waals surface area contributed by atoms with Crippen LogP contribution in [0.3, 0.4) is 0 Å². The molecule has 5 rings (SSSR count). The number of carbonyl (C=O) groups excluding carboxylic acids is 1. The van der Waals surface area contributed by atoms with Crippen LogP contribution < -0.4 is 33.8 Å². The normalized spacial score (nSPS) is 14.2. The Balaban J connectivity index is 1.54. The molecular formula is C34H33N3O9S. The number of fused-ring (bicyclic) bond motifs is 1. The molecule has 0 unspecified atom stereocenters. The van der Waals surface area contributed by atoms with Crippen LogP contribution in [0.1, 0.15) is 43.5 Å². The first-order valence-corrected chi connectivity index (χ1v) is 15.5. The van der Waals surface area contributed by atoms with Crippen LogP contribution in [0.5, 0.6) is 23.0 Å². The first-order chi connectivity index (χ1) is 22.7. The Morgan fingerprint density at radius 3 is 2.34 bits per heavy atom. The van der Waals surface area contributed by atoms with Gasteiger partial charge >= 0.3 is 5.97 Å². The van der Waals surface area contributed by atoms with E-state index in [0.717, 1.165) is 5.56 Å². The molecule has 0 bridgehead atoms. The van der Waals surface area contributed by atoms with Crippen LogP contribution in [0.15, 0.2) is 81.7 Å². The molecule has 0 aliphatic carbocycles. The summed E-state index contributed by atoms with van der Waals surface area (Å²) in [5, 5.41) is 11.0. The number of hydrogen-bond acceptors (Lipinski definition) is 11. The molecule has 0 saturated carbocycles. The minimum Gasteiger partial charge on any atom is -0.493 e. The van der Waals surface area contributed by atoms with Crippen molar-refractivity contribution in [2.45, 2.75) is 33.4 Å². The zero-order chi connectivity index (χ0) is 33.7. The van der Waals surface area contributed by atoms with E-state index >= 15 is 0 Å². The molecule has 3 aromatic carbocycles. The summed E-state index contributed by atoms with van der Waals surface area (Å²) < 4.78 is 30.0. The maximum atomic E-state index is 14.1. The molecule has 4 aromatic rings. The van der Waals surface area contributed by atoms with Gasteiger partial charge in [-0.2, -0.15) is 0 Å². The van der Waals surface area contributed by atoms with E-state index in [2.05, 4.69) is 4.99 Å². The van der Waals surface area contributed by atoms with Gasteiger partial charge in [0.25, 0.3) is 11.2 Å². The molecule has 0 spiro atoms. The first-order valence-electron chi connectivity index (χ1n) is 14.7. The van der Waals surface area contributed by atoms with Gasteiger partial charge in [-0.25, -0.2) is 9.79 Å². The monoisotopic (exact) mass is 659 g/mol. The lowest BCUT2D eigenvalue weighted by molar-refractivity contribution is -0.384. The van der Waals surface area contributed by atoms with Crippen LogP contribution in [0.4, 0.5) is 5.69 Å². The molecule has 12 nitrogen and oxygen atoms in total. The molecule has 13 heteroatoms. The first kappa shape index (κ1) is 32.9. The highest BCUT2D eigenvalue weighted by Crippen LogP contribution is 2.36. The Morgan fingerprint density at radius 1 is 0.957 bits per heavy atom. The van der Waals surface area contributed by atoms with E-state index in [1.54, 1.807) is 68.5 Å². The zero-order valence-corrected chi connectivity index (χ0v) is 27.3. The number of hydrogen-bond donors (Lipinski definition) is 0. The largest absolute Gasteiger partial charge is 0.493 e. The van der Waals surface area contributed by atoms with Gasteiger partial charge in [-0.3, -0.25) is 19.5 Å². The standard InChI is InChI=1S/C34H33N3O9S/c1-6-44-28-16-22(10-14-26(28)46-19-21-8-12-24(13-9-21)37(40)41)17-29-32(38)36-31(23-11-15-25(42-4)27(18-23)43-5)30(33(39)45-7-2)20(3)35-34(36)47-29/h8-18,31H,6-7,19H2,1-5H3/t31-/m0/s1. The molecule has 2 heterocycles. The number of non-ortho nitro benzene ring substituents is 1. The predicted molar refractivity (Wildman–Crippen MR) is 175 cm³/mol. The van der Waals surface area contributed by atoms with E-state index in [1.165, 1.54) is 42.3 Å². The van der Waals surface area contributed by atoms with Gasteiger partial charge in [-0.05, 0) is 79.9 Å². The summed E-state index contributed by atoms with van der Waals surface area (Å²) in [5.74, 6) is 1.34. The maximum Gasteiger partial charge on any atom is 0.338 e. The molecule has 244 valence electrons. The number of thiazole rings is 1. The third-order valence-electron chi connectivity index (χ3n) is 7.35. The predicted octanol–water partition coefficient (Wildman–Crippen LogP) is 4.70. The van der Waals surface area contributed by atoms with Crippen molar-refractivity contribution in [2.24, 2.45) is 4.99 Å². The Labute approximate surface area is 273 Å². The molecule has 0 radical (unpaired) electrons. The summed E-state index contributed by atoms with van der Waals surface area (Å²) in [6.07, 6.45) is 1.74. The van der Waals surface area contributed by atoms with Gasteiger partial charge in [-0.15, -0.1) is 0 Å². The van der Waals surface area contributed by atoms with Crippen LogP contribution in [0.25, 0.3) is 6.08 Å². The molecule has 1 aromatic heterocycles. The average molecular weight is 660 g/mol. The van der Waals surface area contributed by atoms with Crippen molar-refractivity contribution in [3.8, 4) is 23.0 Å². The van der Waals surface area contributed by atoms with Crippen molar-refractivity contribution >= 4 is 29.1 Å². The van der Waals surface area contributed by atoms with Crippen molar-refractivity contribution in [2.75, 3.05) is 27.4 Å². The number of carbonyl (C=O) groups is 1. The van der Waals surface area contributed by atoms with E-state index in [4.69, 9.17) is 23.7 Å². The quantitative estimate of drug-likeness (QED) is 0.120. The van der Waals surface area contributed by atoms with Crippen molar-refractivity contribution in [3.05, 3.63) is 118 Å². The van der Waals surface area contributed by atoms with E-state index in [9.17, 15) is 19.7 Å². The fourth-order valence-electron chi connectivity index (χ4n) is 5.16. The van der Waals surface area contributed by atoms with Crippen molar-refractivity contribution in [3.63, 3.8) is 0 Å². The van der Waals surface area contributed by atoms with Gasteiger partial charge in [0.2, 0.25) is 0 Å². The molecule has 0 fully saturated rings. The molecule has 1 atom stereocenters. The lowest BCUT2D eigenvalue weighted by Gasteiger charge is -2.25. The van der Waals surface area contributed by atoms with Gasteiger partial charge in [0.05, 0.1) is 54.2 Å². The number of nitro groups is 1. The van der Waals surface area contributed by atoms with Crippen LogP contribution in [0.2, 0.25) is 0 Å². The number of rotatable bonds is 12. The molecule has 1 aliphatic rings. The van der Waals surface area contributed by atoms with Gasteiger partial charge < -0.3 is 23.7 Å². The maximum absolute atomic E-state index is 14.1. The van der Waals surface area contributed by atoms with Gasteiger partial charge in [-0.1, -0.05) is 23.5 Å². The molecular weight excluding hydrogens is 626 g/mol. The second-order valence-electron chi connectivity index (χ2n) is 10.3. The van der Waals surface area contributed by atoms with Crippen LogP contribution >= 0.6 is 11.3 Å². The number of nitrogens with zero attached hydrogens (tertiary/aromatic N) is 3. The Kier molecular flexibility index (Phi) is 10.0. The van der Waals surface area contributed by atoms with Crippen LogP contribution in [0, 0.1) is 10.1 Å². The van der Waals surface area contributed by atoms with Crippen molar-refractivity contribution < 1.29 is 33.4 Å². The Hall–Kier alpha value is -5.43. The summed E-state index contributed by atoms with van der Waals surface area (Å²) in [6.45, 7) is 6.00. The second-order valence-corrected chi connectivity index (χ2v) is 11.3. The SMILES string of the molecule is CCOC(=O)C1=C(C)N=c2sc(=Cc3ccc(OCc4ccc([N+](=O)[O-])cc4)c(OCC)c3)c(=O)n2[C@H]1c1ccc(OC)c(OC)c1. The molecule has 0 N–H and O–H groups in total. The third kappa shape index (κ3) is 6.89. The van der Waals surface area contributed by atoms with Crippen molar-refractivity contribution in [1.82, 2.24) is 4.57 Å². The molecule has 47 heavy (non-hydrogen) atoms. The van der Waals surface area contributed by atoms with E-state index in [-0.39, 0.29) is 30.0 Å². The fraction of sp³-hybridized carbons (Fsp3) is 0.265. The lowest BCUT2D eigenvalue weighted by Crippen LogP contribution is -2.39. The highest BCUT2D eigenvalue weighted by Gasteiger charge is 2.34. The summed E-state index contributed by atoms with van der Waals surface area (Å²) >= 11 is 1.20. The molecule has 1 aliphatic heterocycles. The average Bonchev–Trinajstić information content (AvgIpc) is 3.37. The Morgan fingerprint density at radius 2 is 1.68 bits per heavy atom. The highest BCUT2D eigenvalue weighted by molar-refractivity contribution is 7.07. The number of aromatic nitrogens is 1. The van der Waals surface area contributed by atoms with Crippen LogP contribution in [-0.4, -0.2) is 42.9 Å². The zero-order valence-electron chi connectivity index (χ0n) is 26.5. The summed E-state index contributed by atoms with van der Waals surface area (Å²) in [7, 11) is 3.05. The smallest absolute Gasteiger partial charge is 0.338 e. The van der Waals surface area contributed by atoms with E-state index < -0.39 is 16.9 Å². The number of allylic oxidation sites excluding steroid dienone is 1. The minimum absolute atomic E-state index is 0.000659. The summed E-state index contributed by atoms with van der Waals surface area (Å²) in [5.41, 5.74) is 2.44. The van der Waals surface area contributed by atoms with E-state index in [1.807, 2.05) is 6.92 Å². The summed E-state index contributed by atoms with van der Waals surface area (Å²) in [6, 6.07) is 15.9. The molecule has 0 saturated heterocycles.